The Morgan fingerprint density at radius 1 is 1.05 bits per heavy atom. The van der Waals surface area contributed by atoms with Gasteiger partial charge in [0.2, 0.25) is 0 Å². The molecule has 0 aliphatic heterocycles. The summed E-state index contributed by atoms with van der Waals surface area (Å²) in [6.45, 7) is 0.669. The Morgan fingerprint density at radius 3 is 2.57 bits per heavy atom. The molecule has 2 aromatic carbocycles. The van der Waals surface area contributed by atoms with E-state index in [1.54, 1.807) is 18.3 Å². The zero-order valence-corrected chi connectivity index (χ0v) is 11.5. The van der Waals surface area contributed by atoms with Crippen molar-refractivity contribution in [1.29, 1.82) is 0 Å². The van der Waals surface area contributed by atoms with Crippen LogP contribution in [0, 0.1) is 5.82 Å². The topological polar surface area (TPSA) is 43.8 Å². The number of halogens is 1. The summed E-state index contributed by atoms with van der Waals surface area (Å²) in [6.07, 6.45) is 4.39. The number of aromatic nitrogens is 2. The number of nitrogens with two attached hydrogens (primary N) is 1. The highest BCUT2D eigenvalue weighted by Gasteiger charge is 2.07. The molecule has 0 radical (unpaired) electrons. The molecule has 4 heteroatoms. The molecule has 1 aromatic heterocycles. The molecule has 0 aliphatic carbocycles. The zero-order chi connectivity index (χ0) is 14.7. The summed E-state index contributed by atoms with van der Waals surface area (Å²) in [5.74, 6) is 0.721. The molecule has 21 heavy (non-hydrogen) atoms. The number of imidazole rings is 1. The lowest BCUT2D eigenvalue weighted by molar-refractivity contribution is 0.626. The van der Waals surface area contributed by atoms with Crippen LogP contribution in [-0.2, 0) is 13.0 Å². The molecule has 0 saturated carbocycles. The average molecular weight is 281 g/mol. The first kappa shape index (κ1) is 13.4. The Bertz CT molecular complexity index is 732. The predicted molar refractivity (Wildman–Crippen MR) is 81.4 cm³/mol. The molecule has 2 N–H and O–H groups in total. The van der Waals surface area contributed by atoms with Gasteiger partial charge in [0.15, 0.2) is 0 Å². The Hall–Kier alpha value is -2.62. The lowest BCUT2D eigenvalue weighted by Crippen LogP contribution is -2.06. The number of anilines is 1. The van der Waals surface area contributed by atoms with Crippen LogP contribution in [0.3, 0.4) is 0 Å². The quantitative estimate of drug-likeness (QED) is 0.746. The van der Waals surface area contributed by atoms with Crippen LogP contribution < -0.4 is 5.73 Å². The number of benzene rings is 2. The summed E-state index contributed by atoms with van der Waals surface area (Å²) in [5.41, 5.74) is 8.85. The maximum absolute atomic E-state index is 12.9. The van der Waals surface area contributed by atoms with Gasteiger partial charge in [-0.05, 0) is 29.3 Å². The zero-order valence-electron chi connectivity index (χ0n) is 11.5. The van der Waals surface area contributed by atoms with Gasteiger partial charge in [-0.2, -0.15) is 0 Å². The molecule has 0 amide bonds. The van der Waals surface area contributed by atoms with Gasteiger partial charge in [-0.15, -0.1) is 0 Å². The van der Waals surface area contributed by atoms with E-state index in [-0.39, 0.29) is 5.82 Å². The highest BCUT2D eigenvalue weighted by molar-refractivity contribution is 5.47. The summed E-state index contributed by atoms with van der Waals surface area (Å²) in [5, 5.41) is 0. The second-order valence-corrected chi connectivity index (χ2v) is 4.97. The van der Waals surface area contributed by atoms with Crippen LogP contribution in [0.25, 0.3) is 0 Å². The number of hydrogen-bond donors (Lipinski definition) is 1. The van der Waals surface area contributed by atoms with Crippen molar-refractivity contribution in [3.8, 4) is 0 Å². The highest BCUT2D eigenvalue weighted by atomic mass is 19.1. The lowest BCUT2D eigenvalue weighted by Gasteiger charge is -2.09. The van der Waals surface area contributed by atoms with Gasteiger partial charge in [0.25, 0.3) is 0 Å². The van der Waals surface area contributed by atoms with Gasteiger partial charge in [-0.1, -0.05) is 30.3 Å². The van der Waals surface area contributed by atoms with Crippen molar-refractivity contribution >= 4 is 5.69 Å². The average Bonchev–Trinajstić information content (AvgIpc) is 2.91. The van der Waals surface area contributed by atoms with Gasteiger partial charge >= 0.3 is 0 Å². The molecule has 3 aromatic rings. The van der Waals surface area contributed by atoms with E-state index < -0.39 is 0 Å². The van der Waals surface area contributed by atoms with E-state index in [9.17, 15) is 4.39 Å². The molecule has 0 spiro atoms. The number of rotatable bonds is 4. The third-order valence-corrected chi connectivity index (χ3v) is 3.47. The molecule has 0 aliphatic rings. The molecular formula is C17H16FN3. The Morgan fingerprint density at radius 2 is 1.81 bits per heavy atom. The van der Waals surface area contributed by atoms with E-state index in [0.717, 1.165) is 22.6 Å². The minimum absolute atomic E-state index is 0.221. The molecule has 3 rings (SSSR count). The van der Waals surface area contributed by atoms with Gasteiger partial charge in [-0.25, -0.2) is 9.37 Å². The lowest BCUT2D eigenvalue weighted by atomic mass is 10.1. The fourth-order valence-electron chi connectivity index (χ4n) is 2.30. The summed E-state index contributed by atoms with van der Waals surface area (Å²) in [7, 11) is 0. The van der Waals surface area contributed by atoms with Crippen molar-refractivity contribution in [3.63, 3.8) is 0 Å². The summed E-state index contributed by atoms with van der Waals surface area (Å²) < 4.78 is 15.0. The minimum Gasteiger partial charge on any atom is -0.398 e. The number of para-hydroxylation sites is 1. The smallest absolute Gasteiger partial charge is 0.123 e. The minimum atomic E-state index is -0.221. The van der Waals surface area contributed by atoms with Crippen LogP contribution in [0.2, 0.25) is 0 Å². The van der Waals surface area contributed by atoms with Crippen molar-refractivity contribution in [1.82, 2.24) is 9.55 Å². The fraction of sp³-hybridized carbons (Fsp3) is 0.118. The molecule has 0 unspecified atom stereocenters. The van der Waals surface area contributed by atoms with E-state index in [1.165, 1.54) is 12.1 Å². The van der Waals surface area contributed by atoms with Gasteiger partial charge in [0, 0.05) is 31.0 Å². The predicted octanol–water partition coefficient (Wildman–Crippen LogP) is 3.24. The molecule has 0 fully saturated rings. The maximum Gasteiger partial charge on any atom is 0.123 e. The van der Waals surface area contributed by atoms with Crippen LogP contribution in [0.4, 0.5) is 10.1 Å². The normalized spacial score (nSPS) is 10.7. The van der Waals surface area contributed by atoms with E-state index in [0.29, 0.717) is 13.0 Å². The third-order valence-electron chi connectivity index (χ3n) is 3.47. The van der Waals surface area contributed by atoms with Crippen LogP contribution in [0.1, 0.15) is 17.0 Å². The standard InChI is InChI=1S/C17H16FN3/c18-15-7-5-13(6-8-15)12-21-10-9-20-17(21)11-14-3-1-2-4-16(14)19/h1-10H,11-12,19H2. The van der Waals surface area contributed by atoms with E-state index >= 15 is 0 Å². The number of nitrogen functional groups attached to an aromatic ring is 1. The number of hydrogen-bond acceptors (Lipinski definition) is 2. The highest BCUT2D eigenvalue weighted by Crippen LogP contribution is 2.16. The van der Waals surface area contributed by atoms with Gasteiger partial charge in [-0.3, -0.25) is 0 Å². The molecule has 1 heterocycles. The summed E-state index contributed by atoms with van der Waals surface area (Å²) in [4.78, 5) is 4.40. The second-order valence-electron chi connectivity index (χ2n) is 4.97. The van der Waals surface area contributed by atoms with Crippen molar-refractivity contribution in [3.05, 3.63) is 83.7 Å². The maximum atomic E-state index is 12.9. The summed E-state index contributed by atoms with van der Waals surface area (Å²) >= 11 is 0. The number of nitrogens with zero attached hydrogens (tertiary/aromatic N) is 2. The van der Waals surface area contributed by atoms with Gasteiger partial charge in [0.1, 0.15) is 11.6 Å². The van der Waals surface area contributed by atoms with E-state index in [1.807, 2.05) is 30.5 Å². The first-order valence-electron chi connectivity index (χ1n) is 6.80. The van der Waals surface area contributed by atoms with E-state index in [2.05, 4.69) is 9.55 Å². The summed E-state index contributed by atoms with van der Waals surface area (Å²) in [6, 6.07) is 14.3. The van der Waals surface area contributed by atoms with Crippen molar-refractivity contribution < 1.29 is 4.39 Å². The Labute approximate surface area is 122 Å². The second kappa shape index (κ2) is 5.79. The van der Waals surface area contributed by atoms with Crippen molar-refractivity contribution in [2.24, 2.45) is 0 Å². The first-order valence-corrected chi connectivity index (χ1v) is 6.80. The molecule has 0 saturated heterocycles. The van der Waals surface area contributed by atoms with Crippen LogP contribution in [0.15, 0.2) is 60.9 Å². The van der Waals surface area contributed by atoms with Crippen LogP contribution >= 0.6 is 0 Å². The van der Waals surface area contributed by atoms with Crippen LogP contribution in [0.5, 0.6) is 0 Å². The molecular weight excluding hydrogens is 265 g/mol. The molecule has 106 valence electrons. The SMILES string of the molecule is Nc1ccccc1Cc1nccn1Cc1ccc(F)cc1. The van der Waals surface area contributed by atoms with Gasteiger partial charge in [0.05, 0.1) is 0 Å². The largest absolute Gasteiger partial charge is 0.398 e. The van der Waals surface area contributed by atoms with Crippen molar-refractivity contribution in [2.75, 3.05) is 5.73 Å². The van der Waals surface area contributed by atoms with E-state index in [4.69, 9.17) is 5.73 Å². The van der Waals surface area contributed by atoms with Crippen LogP contribution in [-0.4, -0.2) is 9.55 Å². The first-order chi connectivity index (χ1) is 10.2. The Balaban J connectivity index is 1.81. The Kier molecular flexibility index (Phi) is 3.69. The molecule has 0 bridgehead atoms. The fourth-order valence-corrected chi connectivity index (χ4v) is 2.30. The molecule has 0 atom stereocenters. The monoisotopic (exact) mass is 281 g/mol. The van der Waals surface area contributed by atoms with Gasteiger partial charge < -0.3 is 10.3 Å². The molecule has 3 nitrogen and oxygen atoms in total. The third kappa shape index (κ3) is 3.11. The van der Waals surface area contributed by atoms with Crippen molar-refractivity contribution in [2.45, 2.75) is 13.0 Å².